The Morgan fingerprint density at radius 3 is 2.16 bits per heavy atom. The minimum atomic E-state index is 0.0974. The maximum atomic E-state index is 4.65. The molecule has 0 fully saturated rings. The van der Waals surface area contributed by atoms with Crippen molar-refractivity contribution in [1.29, 1.82) is 0 Å². The summed E-state index contributed by atoms with van der Waals surface area (Å²) in [6.45, 7) is 13.3. The van der Waals surface area contributed by atoms with Gasteiger partial charge in [0.05, 0.1) is 24.1 Å². The van der Waals surface area contributed by atoms with E-state index >= 15 is 0 Å². The summed E-state index contributed by atoms with van der Waals surface area (Å²) in [5, 5.41) is 9.29. The fourth-order valence-electron chi connectivity index (χ4n) is 4.35. The number of rotatable bonds is 6. The lowest BCUT2D eigenvalue weighted by Gasteiger charge is -2.18. The molecule has 0 N–H and O–H groups in total. The normalized spacial score (nSPS) is 13.8. The van der Waals surface area contributed by atoms with Gasteiger partial charge in [-0.15, -0.1) is 0 Å². The zero-order valence-corrected chi connectivity index (χ0v) is 20.1. The van der Waals surface area contributed by atoms with Crippen molar-refractivity contribution in [3.8, 4) is 5.69 Å². The van der Waals surface area contributed by atoms with Crippen LogP contribution in [0.15, 0.2) is 73.2 Å². The van der Waals surface area contributed by atoms with Crippen molar-refractivity contribution in [1.82, 2.24) is 19.6 Å². The van der Waals surface area contributed by atoms with Gasteiger partial charge in [0.15, 0.2) is 0 Å². The molecule has 0 amide bonds. The highest BCUT2D eigenvalue weighted by Gasteiger charge is 2.20. The first-order valence-corrected chi connectivity index (χ1v) is 11.5. The lowest BCUT2D eigenvalue weighted by Crippen LogP contribution is -2.12. The predicted octanol–water partition coefficient (Wildman–Crippen LogP) is 6.63. The zero-order chi connectivity index (χ0) is 22.9. The standard InChI is InChI=1S/C28H34N4/c1-20(25-17-29-31(19-25)21(2)24-10-8-7-9-11-24)16-23-12-14-26(15-13-23)32-22(3)27(18-30-32)28(4,5)6/h7-15,17-21H,16H2,1-6H3. The number of aromatic nitrogens is 4. The summed E-state index contributed by atoms with van der Waals surface area (Å²) in [7, 11) is 0. The molecule has 0 aliphatic carbocycles. The van der Waals surface area contributed by atoms with Gasteiger partial charge in [0.2, 0.25) is 0 Å². The van der Waals surface area contributed by atoms with Crippen LogP contribution in [0.2, 0.25) is 0 Å². The van der Waals surface area contributed by atoms with Gasteiger partial charge >= 0.3 is 0 Å². The van der Waals surface area contributed by atoms with E-state index in [-0.39, 0.29) is 11.5 Å². The lowest BCUT2D eigenvalue weighted by molar-refractivity contribution is 0.563. The van der Waals surface area contributed by atoms with Crippen molar-refractivity contribution in [3.63, 3.8) is 0 Å². The van der Waals surface area contributed by atoms with Gasteiger partial charge in [0, 0.05) is 11.9 Å². The minimum Gasteiger partial charge on any atom is -0.265 e. The summed E-state index contributed by atoms with van der Waals surface area (Å²) in [6, 6.07) is 19.5. The van der Waals surface area contributed by atoms with E-state index < -0.39 is 0 Å². The molecule has 2 aromatic carbocycles. The van der Waals surface area contributed by atoms with Crippen LogP contribution in [0.5, 0.6) is 0 Å². The average Bonchev–Trinajstić information content (AvgIpc) is 3.41. The highest BCUT2D eigenvalue weighted by atomic mass is 15.3. The van der Waals surface area contributed by atoms with Gasteiger partial charge in [0.1, 0.15) is 0 Å². The molecule has 0 saturated heterocycles. The molecule has 32 heavy (non-hydrogen) atoms. The van der Waals surface area contributed by atoms with Crippen LogP contribution in [0.1, 0.15) is 74.5 Å². The van der Waals surface area contributed by atoms with Crippen molar-refractivity contribution < 1.29 is 0 Å². The molecule has 0 bridgehead atoms. The van der Waals surface area contributed by atoms with Gasteiger partial charge in [-0.25, -0.2) is 4.68 Å². The molecule has 0 spiro atoms. The number of benzene rings is 2. The summed E-state index contributed by atoms with van der Waals surface area (Å²) < 4.78 is 4.11. The van der Waals surface area contributed by atoms with E-state index in [2.05, 4.69) is 117 Å². The summed E-state index contributed by atoms with van der Waals surface area (Å²) in [5.41, 5.74) is 7.57. The van der Waals surface area contributed by atoms with Gasteiger partial charge < -0.3 is 0 Å². The topological polar surface area (TPSA) is 35.6 Å². The van der Waals surface area contributed by atoms with Crippen molar-refractivity contribution in [2.75, 3.05) is 0 Å². The first kappa shape index (κ1) is 22.1. The van der Waals surface area contributed by atoms with E-state index in [4.69, 9.17) is 0 Å². The summed E-state index contributed by atoms with van der Waals surface area (Å²) in [5.74, 6) is 0.400. The summed E-state index contributed by atoms with van der Waals surface area (Å²) in [4.78, 5) is 0. The maximum Gasteiger partial charge on any atom is 0.0740 e. The smallest absolute Gasteiger partial charge is 0.0740 e. The monoisotopic (exact) mass is 426 g/mol. The van der Waals surface area contributed by atoms with Crippen LogP contribution in [0.3, 0.4) is 0 Å². The lowest BCUT2D eigenvalue weighted by atomic mass is 9.87. The Labute approximate surface area is 191 Å². The van der Waals surface area contributed by atoms with Crippen LogP contribution in [-0.2, 0) is 11.8 Å². The van der Waals surface area contributed by atoms with Crippen LogP contribution >= 0.6 is 0 Å². The molecule has 4 aromatic rings. The van der Waals surface area contributed by atoms with E-state index in [0.29, 0.717) is 5.92 Å². The van der Waals surface area contributed by atoms with E-state index in [1.165, 1.54) is 27.9 Å². The fraction of sp³-hybridized carbons (Fsp3) is 0.357. The quantitative estimate of drug-likeness (QED) is 0.347. The molecule has 4 nitrogen and oxygen atoms in total. The van der Waals surface area contributed by atoms with Crippen LogP contribution in [0, 0.1) is 6.92 Å². The third kappa shape index (κ3) is 4.55. The first-order valence-electron chi connectivity index (χ1n) is 11.5. The largest absolute Gasteiger partial charge is 0.265 e. The van der Waals surface area contributed by atoms with Gasteiger partial charge in [-0.1, -0.05) is 70.2 Å². The molecule has 0 radical (unpaired) electrons. The molecule has 2 atom stereocenters. The van der Waals surface area contributed by atoms with Gasteiger partial charge in [-0.3, -0.25) is 4.68 Å². The number of nitrogens with zero attached hydrogens (tertiary/aromatic N) is 4. The van der Waals surface area contributed by atoms with E-state index in [1.807, 2.05) is 17.1 Å². The summed E-state index contributed by atoms with van der Waals surface area (Å²) >= 11 is 0. The second kappa shape index (κ2) is 8.78. The highest BCUT2D eigenvalue weighted by Crippen LogP contribution is 2.27. The molecule has 4 rings (SSSR count). The van der Waals surface area contributed by atoms with Gasteiger partial charge in [0.25, 0.3) is 0 Å². The van der Waals surface area contributed by atoms with Crippen LogP contribution in [0.25, 0.3) is 5.69 Å². The predicted molar refractivity (Wildman–Crippen MR) is 132 cm³/mol. The molecule has 2 aromatic heterocycles. The summed E-state index contributed by atoms with van der Waals surface area (Å²) in [6.07, 6.45) is 7.19. The Kier molecular flexibility index (Phi) is 6.05. The third-order valence-electron chi connectivity index (χ3n) is 6.41. The Morgan fingerprint density at radius 1 is 0.844 bits per heavy atom. The van der Waals surface area contributed by atoms with E-state index in [1.54, 1.807) is 0 Å². The first-order chi connectivity index (χ1) is 15.2. The molecule has 0 saturated carbocycles. The molecule has 166 valence electrons. The Morgan fingerprint density at radius 2 is 1.53 bits per heavy atom. The molecule has 2 unspecified atom stereocenters. The van der Waals surface area contributed by atoms with E-state index in [0.717, 1.165) is 12.1 Å². The second-order valence-electron chi connectivity index (χ2n) is 9.92. The van der Waals surface area contributed by atoms with Crippen molar-refractivity contribution in [2.24, 2.45) is 0 Å². The zero-order valence-electron chi connectivity index (χ0n) is 20.1. The van der Waals surface area contributed by atoms with Crippen molar-refractivity contribution in [3.05, 3.63) is 101 Å². The fourth-order valence-corrected chi connectivity index (χ4v) is 4.35. The molecule has 4 heteroatoms. The van der Waals surface area contributed by atoms with Gasteiger partial charge in [-0.05, 0) is 66.0 Å². The Bertz CT molecular complexity index is 1160. The van der Waals surface area contributed by atoms with Crippen molar-refractivity contribution in [2.45, 2.75) is 65.3 Å². The number of hydrogen-bond acceptors (Lipinski definition) is 2. The SMILES string of the molecule is Cc1c(C(C)(C)C)cnn1-c1ccc(CC(C)c2cnn(C(C)c3ccccc3)c2)cc1. The molecular formula is C28H34N4. The minimum absolute atomic E-state index is 0.0974. The molecular weight excluding hydrogens is 392 g/mol. The Hall–Kier alpha value is -3.14. The van der Waals surface area contributed by atoms with Crippen LogP contribution in [-0.4, -0.2) is 19.6 Å². The average molecular weight is 427 g/mol. The van der Waals surface area contributed by atoms with Crippen LogP contribution < -0.4 is 0 Å². The van der Waals surface area contributed by atoms with Gasteiger partial charge in [-0.2, -0.15) is 10.2 Å². The Balaban J connectivity index is 1.45. The number of hydrogen-bond donors (Lipinski definition) is 0. The maximum absolute atomic E-state index is 4.65. The van der Waals surface area contributed by atoms with Crippen molar-refractivity contribution >= 4 is 0 Å². The highest BCUT2D eigenvalue weighted by molar-refractivity contribution is 5.39. The van der Waals surface area contributed by atoms with Crippen LogP contribution in [0.4, 0.5) is 0 Å². The van der Waals surface area contributed by atoms with E-state index in [9.17, 15) is 0 Å². The molecule has 0 aliphatic rings. The molecule has 0 aliphatic heterocycles. The second-order valence-corrected chi connectivity index (χ2v) is 9.92. The third-order valence-corrected chi connectivity index (χ3v) is 6.41. The molecule has 2 heterocycles.